The summed E-state index contributed by atoms with van der Waals surface area (Å²) >= 11 is 4.66. The van der Waals surface area contributed by atoms with E-state index in [0.717, 1.165) is 19.5 Å². The van der Waals surface area contributed by atoms with E-state index in [1.54, 1.807) is 18.5 Å². The summed E-state index contributed by atoms with van der Waals surface area (Å²) in [4.78, 5) is 8.04. The van der Waals surface area contributed by atoms with Gasteiger partial charge in [-0.3, -0.25) is 0 Å². The summed E-state index contributed by atoms with van der Waals surface area (Å²) in [6, 6.07) is 1.78. The van der Waals surface area contributed by atoms with Crippen LogP contribution in [0.4, 0.5) is 5.95 Å². The minimum Gasteiger partial charge on any atom is -0.376 e. The minimum atomic E-state index is 0.334. The van der Waals surface area contributed by atoms with Gasteiger partial charge in [0.25, 0.3) is 0 Å². The number of anilines is 1. The topological polar surface area (TPSA) is 75.9 Å². The first-order valence-electron chi connectivity index (χ1n) is 4.33. The summed E-state index contributed by atoms with van der Waals surface area (Å²) in [5, 5.41) is 6.27. The molecule has 1 aromatic heterocycles. The first-order valence-corrected chi connectivity index (χ1v) is 4.74. The van der Waals surface area contributed by atoms with Gasteiger partial charge in [-0.15, -0.1) is 0 Å². The summed E-state index contributed by atoms with van der Waals surface area (Å²) in [5.41, 5.74) is 5.26. The van der Waals surface area contributed by atoms with Crippen LogP contribution in [-0.2, 0) is 0 Å². The molecule has 0 atom stereocenters. The Morgan fingerprint density at radius 2 is 2.07 bits per heavy atom. The Morgan fingerprint density at radius 3 is 2.71 bits per heavy atom. The van der Waals surface area contributed by atoms with Gasteiger partial charge in [-0.05, 0) is 24.7 Å². The lowest BCUT2D eigenvalue weighted by Gasteiger charge is -2.04. The molecule has 0 bridgehead atoms. The van der Waals surface area contributed by atoms with E-state index in [2.05, 4.69) is 32.8 Å². The third-order valence-corrected chi connectivity index (χ3v) is 1.65. The maximum atomic E-state index is 5.26. The average Bonchev–Trinajstić information content (AvgIpc) is 2.18. The highest BCUT2D eigenvalue weighted by molar-refractivity contribution is 7.80. The first-order chi connectivity index (χ1) is 6.79. The molecule has 0 amide bonds. The van der Waals surface area contributed by atoms with Crippen molar-refractivity contribution in [3.05, 3.63) is 18.5 Å². The van der Waals surface area contributed by atoms with Gasteiger partial charge in [-0.25, -0.2) is 9.97 Å². The average molecular weight is 211 g/mol. The van der Waals surface area contributed by atoms with Gasteiger partial charge in [0.05, 0.1) is 0 Å². The third kappa shape index (κ3) is 4.56. The number of nitrogens with two attached hydrogens (primary N) is 1. The van der Waals surface area contributed by atoms with E-state index in [0.29, 0.717) is 11.1 Å². The van der Waals surface area contributed by atoms with E-state index in [4.69, 9.17) is 5.73 Å². The Balaban J connectivity index is 2.08. The van der Waals surface area contributed by atoms with Crippen molar-refractivity contribution in [1.29, 1.82) is 0 Å². The molecule has 0 saturated heterocycles. The number of hydrogen-bond donors (Lipinski definition) is 3. The third-order valence-electron chi connectivity index (χ3n) is 1.50. The fourth-order valence-corrected chi connectivity index (χ4v) is 0.993. The zero-order chi connectivity index (χ0) is 10.2. The van der Waals surface area contributed by atoms with Gasteiger partial charge in [0.2, 0.25) is 5.95 Å². The molecule has 1 heterocycles. The van der Waals surface area contributed by atoms with E-state index in [9.17, 15) is 0 Å². The van der Waals surface area contributed by atoms with Gasteiger partial charge in [0, 0.05) is 25.5 Å². The second kappa shape index (κ2) is 6.09. The predicted octanol–water partition coefficient (Wildman–Crippen LogP) is 0.112. The quantitative estimate of drug-likeness (QED) is 0.474. The molecule has 0 aliphatic rings. The Kier molecular flexibility index (Phi) is 4.63. The normalized spacial score (nSPS) is 9.43. The summed E-state index contributed by atoms with van der Waals surface area (Å²) in [6.45, 7) is 1.55. The lowest BCUT2D eigenvalue weighted by molar-refractivity contribution is 0.801. The molecule has 76 valence electrons. The standard InChI is InChI=1S/C8H13N5S/c9-7(14)10-3-1-4-11-8-12-5-2-6-13-8/h2,5-6H,1,3-4H2,(H3,9,10,14)(H,11,12,13). The van der Waals surface area contributed by atoms with Crippen molar-refractivity contribution in [2.75, 3.05) is 18.4 Å². The van der Waals surface area contributed by atoms with Crippen LogP contribution < -0.4 is 16.4 Å². The van der Waals surface area contributed by atoms with Crippen LogP contribution in [0.3, 0.4) is 0 Å². The summed E-state index contributed by atoms with van der Waals surface area (Å²) in [5.74, 6) is 0.642. The second-order valence-corrected chi connectivity index (χ2v) is 3.08. The van der Waals surface area contributed by atoms with Crippen molar-refractivity contribution in [3.8, 4) is 0 Å². The molecule has 0 fully saturated rings. The van der Waals surface area contributed by atoms with E-state index in [-0.39, 0.29) is 0 Å². The molecule has 1 aromatic rings. The number of thiocarbonyl (C=S) groups is 1. The van der Waals surface area contributed by atoms with Gasteiger partial charge in [0.15, 0.2) is 5.11 Å². The molecular weight excluding hydrogens is 198 g/mol. The van der Waals surface area contributed by atoms with Crippen LogP contribution in [0, 0.1) is 0 Å². The zero-order valence-corrected chi connectivity index (χ0v) is 8.55. The predicted molar refractivity (Wildman–Crippen MR) is 59.9 cm³/mol. The molecule has 0 aromatic carbocycles. The molecule has 0 aliphatic heterocycles. The Morgan fingerprint density at radius 1 is 1.36 bits per heavy atom. The number of rotatable bonds is 5. The van der Waals surface area contributed by atoms with Crippen LogP contribution in [0.5, 0.6) is 0 Å². The van der Waals surface area contributed by atoms with E-state index < -0.39 is 0 Å². The molecule has 14 heavy (non-hydrogen) atoms. The Bertz CT molecular complexity index is 276. The number of aromatic nitrogens is 2. The Labute approximate surface area is 88.1 Å². The summed E-state index contributed by atoms with van der Waals surface area (Å²) in [6.07, 6.45) is 4.31. The van der Waals surface area contributed by atoms with Crippen molar-refractivity contribution < 1.29 is 0 Å². The fraction of sp³-hybridized carbons (Fsp3) is 0.375. The monoisotopic (exact) mass is 211 g/mol. The van der Waals surface area contributed by atoms with Crippen molar-refractivity contribution in [2.45, 2.75) is 6.42 Å². The molecule has 0 saturated carbocycles. The SMILES string of the molecule is NC(=S)NCCCNc1ncccn1. The van der Waals surface area contributed by atoms with Crippen LogP contribution in [-0.4, -0.2) is 28.2 Å². The maximum absolute atomic E-state index is 5.26. The Hall–Kier alpha value is -1.43. The lowest BCUT2D eigenvalue weighted by atomic mass is 10.4. The van der Waals surface area contributed by atoms with Crippen molar-refractivity contribution in [3.63, 3.8) is 0 Å². The van der Waals surface area contributed by atoms with Crippen LogP contribution in [0.1, 0.15) is 6.42 Å². The zero-order valence-electron chi connectivity index (χ0n) is 7.73. The van der Waals surface area contributed by atoms with Gasteiger partial charge in [-0.2, -0.15) is 0 Å². The molecule has 0 radical (unpaired) electrons. The van der Waals surface area contributed by atoms with Gasteiger partial charge in [0.1, 0.15) is 0 Å². The minimum absolute atomic E-state index is 0.334. The lowest BCUT2D eigenvalue weighted by Crippen LogP contribution is -2.30. The highest BCUT2D eigenvalue weighted by Gasteiger charge is 1.92. The van der Waals surface area contributed by atoms with Crippen LogP contribution in [0.15, 0.2) is 18.5 Å². The smallest absolute Gasteiger partial charge is 0.222 e. The number of nitrogens with one attached hydrogen (secondary N) is 2. The van der Waals surface area contributed by atoms with E-state index in [1.165, 1.54) is 0 Å². The largest absolute Gasteiger partial charge is 0.376 e. The van der Waals surface area contributed by atoms with Crippen molar-refractivity contribution >= 4 is 23.3 Å². The molecule has 0 unspecified atom stereocenters. The molecule has 6 heteroatoms. The molecule has 4 N–H and O–H groups in total. The van der Waals surface area contributed by atoms with Crippen LogP contribution in [0.2, 0.25) is 0 Å². The molecule has 5 nitrogen and oxygen atoms in total. The molecule has 0 aliphatic carbocycles. The van der Waals surface area contributed by atoms with Gasteiger partial charge >= 0.3 is 0 Å². The summed E-state index contributed by atoms with van der Waals surface area (Å²) in [7, 11) is 0. The first kappa shape index (κ1) is 10.6. The fourth-order valence-electron chi connectivity index (χ4n) is 0.891. The maximum Gasteiger partial charge on any atom is 0.222 e. The molecule has 1 rings (SSSR count). The molecular formula is C8H13N5S. The number of nitrogens with zero attached hydrogens (tertiary/aromatic N) is 2. The van der Waals surface area contributed by atoms with Gasteiger partial charge in [-0.1, -0.05) is 0 Å². The van der Waals surface area contributed by atoms with Crippen molar-refractivity contribution in [2.24, 2.45) is 5.73 Å². The van der Waals surface area contributed by atoms with Gasteiger partial charge < -0.3 is 16.4 Å². The van der Waals surface area contributed by atoms with E-state index in [1.807, 2.05) is 0 Å². The summed E-state index contributed by atoms with van der Waals surface area (Å²) < 4.78 is 0. The van der Waals surface area contributed by atoms with Crippen LogP contribution >= 0.6 is 12.2 Å². The highest BCUT2D eigenvalue weighted by atomic mass is 32.1. The molecule has 0 spiro atoms. The van der Waals surface area contributed by atoms with Crippen molar-refractivity contribution in [1.82, 2.24) is 15.3 Å². The highest BCUT2D eigenvalue weighted by Crippen LogP contribution is 1.92. The second-order valence-electron chi connectivity index (χ2n) is 2.64. The van der Waals surface area contributed by atoms with Crippen LogP contribution in [0.25, 0.3) is 0 Å². The number of hydrogen-bond acceptors (Lipinski definition) is 4. The van der Waals surface area contributed by atoms with E-state index >= 15 is 0 Å².